The molecule has 0 saturated carbocycles. The molecule has 0 radical (unpaired) electrons. The predicted molar refractivity (Wildman–Crippen MR) is 106 cm³/mol. The van der Waals surface area contributed by atoms with Gasteiger partial charge in [-0.2, -0.15) is 0 Å². The molecule has 0 aliphatic carbocycles. The van der Waals surface area contributed by atoms with Gasteiger partial charge in [0, 0.05) is 28.0 Å². The van der Waals surface area contributed by atoms with Crippen molar-refractivity contribution in [3.05, 3.63) is 78.1 Å². The van der Waals surface area contributed by atoms with Crippen LogP contribution in [0, 0.1) is 0 Å². The van der Waals surface area contributed by atoms with Gasteiger partial charge in [-0.15, -0.1) is 11.8 Å². The molecule has 1 aromatic heterocycles. The van der Waals surface area contributed by atoms with E-state index < -0.39 is 0 Å². The van der Waals surface area contributed by atoms with Crippen LogP contribution in [0.3, 0.4) is 0 Å². The van der Waals surface area contributed by atoms with Crippen molar-refractivity contribution in [2.75, 3.05) is 5.32 Å². The Kier molecular flexibility index (Phi) is 6.15. The van der Waals surface area contributed by atoms with E-state index in [0.29, 0.717) is 16.5 Å². The van der Waals surface area contributed by atoms with Crippen LogP contribution in [0.1, 0.15) is 6.92 Å². The third-order valence-corrected chi connectivity index (χ3v) is 4.87. The van der Waals surface area contributed by atoms with Crippen LogP contribution in [0.2, 0.25) is 5.02 Å². The number of hydrogen-bond donors (Lipinski definition) is 1. The van der Waals surface area contributed by atoms with Crippen LogP contribution in [0.5, 0.6) is 11.5 Å². The summed E-state index contributed by atoms with van der Waals surface area (Å²) >= 11 is 7.36. The number of carbonyl (C=O) groups excluding carboxylic acids is 1. The van der Waals surface area contributed by atoms with Gasteiger partial charge in [0.2, 0.25) is 5.91 Å². The molecule has 0 aliphatic heterocycles. The van der Waals surface area contributed by atoms with Crippen molar-refractivity contribution in [3.8, 4) is 11.5 Å². The number of nitrogens with zero attached hydrogens (tertiary/aromatic N) is 1. The molecule has 0 fully saturated rings. The first-order chi connectivity index (χ1) is 12.6. The number of nitrogens with one attached hydrogen (secondary N) is 1. The molecule has 1 unspecified atom stereocenters. The molecule has 3 rings (SSSR count). The SMILES string of the molecule is CC(Sc1ccc(Cl)cc1)C(=O)Nc1ccc(Oc2ccncc2)cc1. The van der Waals surface area contributed by atoms with Crippen molar-refractivity contribution in [1.82, 2.24) is 4.98 Å². The molecule has 2 aromatic carbocycles. The number of ether oxygens (including phenoxy) is 1. The molecule has 132 valence electrons. The van der Waals surface area contributed by atoms with Crippen LogP contribution in [-0.4, -0.2) is 16.1 Å². The summed E-state index contributed by atoms with van der Waals surface area (Å²) < 4.78 is 5.71. The third kappa shape index (κ3) is 5.25. The Hall–Kier alpha value is -2.50. The van der Waals surface area contributed by atoms with E-state index in [-0.39, 0.29) is 11.2 Å². The second kappa shape index (κ2) is 8.74. The highest BCUT2D eigenvalue weighted by atomic mass is 35.5. The average molecular weight is 385 g/mol. The molecule has 1 atom stereocenters. The summed E-state index contributed by atoms with van der Waals surface area (Å²) in [7, 11) is 0. The topological polar surface area (TPSA) is 51.2 Å². The van der Waals surface area contributed by atoms with Crippen LogP contribution in [0.4, 0.5) is 5.69 Å². The molecule has 0 aliphatic rings. The van der Waals surface area contributed by atoms with Crippen LogP contribution in [0.25, 0.3) is 0 Å². The highest BCUT2D eigenvalue weighted by Crippen LogP contribution is 2.26. The number of carbonyl (C=O) groups is 1. The summed E-state index contributed by atoms with van der Waals surface area (Å²) in [5.74, 6) is 1.34. The summed E-state index contributed by atoms with van der Waals surface area (Å²) in [6.45, 7) is 1.87. The molecule has 1 heterocycles. The van der Waals surface area contributed by atoms with Gasteiger partial charge < -0.3 is 10.1 Å². The van der Waals surface area contributed by atoms with Crippen molar-refractivity contribution in [2.24, 2.45) is 0 Å². The summed E-state index contributed by atoms with van der Waals surface area (Å²) in [6.07, 6.45) is 3.34. The van der Waals surface area contributed by atoms with Gasteiger partial charge in [0.15, 0.2) is 0 Å². The number of hydrogen-bond acceptors (Lipinski definition) is 4. The minimum atomic E-state index is -0.232. The summed E-state index contributed by atoms with van der Waals surface area (Å²) in [5.41, 5.74) is 0.723. The van der Waals surface area contributed by atoms with Gasteiger partial charge in [0.05, 0.1) is 5.25 Å². The lowest BCUT2D eigenvalue weighted by Gasteiger charge is -2.12. The van der Waals surface area contributed by atoms with Crippen molar-refractivity contribution >= 4 is 35.0 Å². The lowest BCUT2D eigenvalue weighted by Crippen LogP contribution is -2.22. The molecule has 0 saturated heterocycles. The van der Waals surface area contributed by atoms with E-state index in [1.54, 1.807) is 24.5 Å². The zero-order chi connectivity index (χ0) is 18.4. The van der Waals surface area contributed by atoms with Gasteiger partial charge >= 0.3 is 0 Å². The molecule has 4 nitrogen and oxygen atoms in total. The number of benzene rings is 2. The van der Waals surface area contributed by atoms with Gasteiger partial charge in [0.1, 0.15) is 11.5 Å². The Morgan fingerprint density at radius 3 is 2.27 bits per heavy atom. The fourth-order valence-corrected chi connectivity index (χ4v) is 3.16. The zero-order valence-electron chi connectivity index (χ0n) is 14.1. The first-order valence-electron chi connectivity index (χ1n) is 8.01. The fraction of sp³-hybridized carbons (Fsp3) is 0.100. The van der Waals surface area contributed by atoms with E-state index in [0.717, 1.165) is 10.6 Å². The largest absolute Gasteiger partial charge is 0.457 e. The van der Waals surface area contributed by atoms with E-state index in [9.17, 15) is 4.79 Å². The minimum absolute atomic E-state index is 0.0623. The third-order valence-electron chi connectivity index (χ3n) is 3.50. The monoisotopic (exact) mass is 384 g/mol. The first-order valence-corrected chi connectivity index (χ1v) is 9.27. The molecular weight excluding hydrogens is 368 g/mol. The van der Waals surface area contributed by atoms with E-state index in [4.69, 9.17) is 16.3 Å². The molecule has 1 N–H and O–H groups in total. The van der Waals surface area contributed by atoms with Crippen LogP contribution < -0.4 is 10.1 Å². The number of aromatic nitrogens is 1. The van der Waals surface area contributed by atoms with Crippen molar-refractivity contribution in [2.45, 2.75) is 17.1 Å². The Morgan fingerprint density at radius 2 is 1.62 bits per heavy atom. The fourth-order valence-electron chi connectivity index (χ4n) is 2.16. The van der Waals surface area contributed by atoms with Crippen molar-refractivity contribution in [3.63, 3.8) is 0 Å². The molecule has 3 aromatic rings. The smallest absolute Gasteiger partial charge is 0.237 e. The van der Waals surface area contributed by atoms with E-state index >= 15 is 0 Å². The van der Waals surface area contributed by atoms with Crippen LogP contribution in [0.15, 0.2) is 78.0 Å². The van der Waals surface area contributed by atoms with Gasteiger partial charge in [0.25, 0.3) is 0 Å². The molecule has 26 heavy (non-hydrogen) atoms. The Balaban J connectivity index is 1.56. The van der Waals surface area contributed by atoms with Gasteiger partial charge in [-0.3, -0.25) is 9.78 Å². The normalized spacial score (nSPS) is 11.6. The maximum atomic E-state index is 12.4. The number of pyridine rings is 1. The summed E-state index contributed by atoms with van der Waals surface area (Å²) in [4.78, 5) is 17.3. The molecule has 0 spiro atoms. The number of thioether (sulfide) groups is 1. The lowest BCUT2D eigenvalue weighted by atomic mass is 10.3. The Labute approximate surface area is 161 Å². The van der Waals surface area contributed by atoms with E-state index in [2.05, 4.69) is 10.3 Å². The number of amides is 1. The zero-order valence-corrected chi connectivity index (χ0v) is 15.6. The van der Waals surface area contributed by atoms with Crippen LogP contribution >= 0.6 is 23.4 Å². The van der Waals surface area contributed by atoms with Gasteiger partial charge in [-0.05, 0) is 67.6 Å². The molecule has 1 amide bonds. The maximum Gasteiger partial charge on any atom is 0.237 e. The highest BCUT2D eigenvalue weighted by Gasteiger charge is 2.14. The van der Waals surface area contributed by atoms with E-state index in [1.165, 1.54) is 11.8 Å². The van der Waals surface area contributed by atoms with Gasteiger partial charge in [-0.25, -0.2) is 0 Å². The Morgan fingerprint density at radius 1 is 1.00 bits per heavy atom. The molecule has 6 heteroatoms. The quantitative estimate of drug-likeness (QED) is 0.558. The minimum Gasteiger partial charge on any atom is -0.457 e. The van der Waals surface area contributed by atoms with Gasteiger partial charge in [-0.1, -0.05) is 11.6 Å². The highest BCUT2D eigenvalue weighted by molar-refractivity contribution is 8.00. The van der Waals surface area contributed by atoms with Crippen molar-refractivity contribution < 1.29 is 9.53 Å². The molecular formula is C20H17ClN2O2S. The average Bonchev–Trinajstić information content (AvgIpc) is 2.66. The summed E-state index contributed by atoms with van der Waals surface area (Å²) in [6, 6.07) is 18.3. The second-order valence-corrected chi connectivity index (χ2v) is 7.36. The number of halogens is 1. The maximum absolute atomic E-state index is 12.4. The second-order valence-electron chi connectivity index (χ2n) is 5.51. The number of anilines is 1. The van der Waals surface area contributed by atoms with Crippen LogP contribution in [-0.2, 0) is 4.79 Å². The first kappa shape index (κ1) is 18.3. The van der Waals surface area contributed by atoms with E-state index in [1.807, 2.05) is 55.5 Å². The molecule has 0 bridgehead atoms. The van der Waals surface area contributed by atoms with Crippen molar-refractivity contribution in [1.29, 1.82) is 0 Å². The predicted octanol–water partition coefficient (Wildman–Crippen LogP) is 5.65. The number of rotatable bonds is 6. The Bertz CT molecular complexity index is 855. The summed E-state index contributed by atoms with van der Waals surface area (Å²) in [5, 5.41) is 3.36. The standard InChI is InChI=1S/C20H17ClN2O2S/c1-14(26-19-8-2-15(21)3-9-19)20(24)23-16-4-6-17(7-5-16)25-18-10-12-22-13-11-18/h2-14H,1H3,(H,23,24). The lowest BCUT2D eigenvalue weighted by molar-refractivity contribution is -0.115.